The van der Waals surface area contributed by atoms with Crippen LogP contribution in [0.5, 0.6) is 0 Å². The Morgan fingerprint density at radius 2 is 2.07 bits per heavy atom. The topological polar surface area (TPSA) is 128 Å². The molecule has 3 heterocycles. The number of amides is 1. The van der Waals surface area contributed by atoms with E-state index in [0.29, 0.717) is 25.2 Å². The molecule has 152 valence electrons. The molecule has 0 bridgehead atoms. The van der Waals surface area contributed by atoms with Gasteiger partial charge in [-0.25, -0.2) is 19.4 Å². The number of rotatable bonds is 6. The van der Waals surface area contributed by atoms with Crippen LogP contribution < -0.4 is 16.6 Å². The third-order valence-electron chi connectivity index (χ3n) is 4.61. The van der Waals surface area contributed by atoms with Crippen molar-refractivity contribution in [1.29, 1.82) is 0 Å². The zero-order valence-corrected chi connectivity index (χ0v) is 16.2. The first-order valence-electron chi connectivity index (χ1n) is 9.41. The van der Waals surface area contributed by atoms with Gasteiger partial charge >= 0.3 is 5.69 Å². The van der Waals surface area contributed by atoms with E-state index >= 15 is 0 Å². The lowest BCUT2D eigenvalue weighted by Gasteiger charge is -2.12. The number of aromatic amines is 1. The normalized spacial score (nSPS) is 11.0. The molecule has 4 rings (SSSR count). The molecule has 0 aliphatic carbocycles. The second-order valence-corrected chi connectivity index (χ2v) is 6.71. The summed E-state index contributed by atoms with van der Waals surface area (Å²) in [5, 5.41) is 7.12. The minimum Gasteiger partial charge on any atom is -0.322 e. The average molecular weight is 405 g/mol. The quantitative estimate of drug-likeness (QED) is 0.499. The highest BCUT2D eigenvalue weighted by atomic mass is 16.2. The summed E-state index contributed by atoms with van der Waals surface area (Å²) in [5.74, 6) is -0.414. The molecule has 2 N–H and O–H groups in total. The van der Waals surface area contributed by atoms with E-state index in [9.17, 15) is 14.4 Å². The van der Waals surface area contributed by atoms with Gasteiger partial charge in [0.25, 0.3) is 11.5 Å². The van der Waals surface area contributed by atoms with Crippen LogP contribution in [0.1, 0.15) is 29.3 Å². The van der Waals surface area contributed by atoms with Crippen LogP contribution >= 0.6 is 0 Å². The number of nitrogens with one attached hydrogen (secondary N) is 2. The highest BCUT2D eigenvalue weighted by molar-refractivity contribution is 6.05. The maximum Gasteiger partial charge on any atom is 0.329 e. The standard InChI is InChI=1S/C20H19N7O3/c1-2-7-27-17-15(19(29)25-20(27)30)8-14(9-22-17)18(28)24-16-6-4-3-5-13(16)10-26-12-21-11-23-26/h3-6,8-9,11-12H,2,7,10H2,1H3,(H,24,28)(H,25,29,30). The van der Waals surface area contributed by atoms with E-state index in [0.717, 1.165) is 5.56 Å². The predicted octanol–water partition coefficient (Wildman–Crippen LogP) is 1.39. The summed E-state index contributed by atoms with van der Waals surface area (Å²) in [7, 11) is 0. The van der Waals surface area contributed by atoms with Crippen molar-refractivity contribution in [3.63, 3.8) is 0 Å². The first-order chi connectivity index (χ1) is 14.6. The summed E-state index contributed by atoms with van der Waals surface area (Å²) >= 11 is 0. The third-order valence-corrected chi connectivity index (χ3v) is 4.61. The highest BCUT2D eigenvalue weighted by Crippen LogP contribution is 2.18. The summed E-state index contributed by atoms with van der Waals surface area (Å²) in [4.78, 5) is 47.6. The van der Waals surface area contributed by atoms with Gasteiger partial charge in [0, 0.05) is 18.4 Å². The van der Waals surface area contributed by atoms with E-state index < -0.39 is 17.2 Å². The zero-order valence-electron chi connectivity index (χ0n) is 16.2. The molecule has 3 aromatic heterocycles. The maximum absolute atomic E-state index is 12.8. The molecule has 0 aliphatic heterocycles. The molecule has 0 spiro atoms. The molecule has 4 aromatic rings. The second-order valence-electron chi connectivity index (χ2n) is 6.71. The van der Waals surface area contributed by atoms with Crippen molar-refractivity contribution in [2.45, 2.75) is 26.4 Å². The van der Waals surface area contributed by atoms with Gasteiger partial charge in [-0.1, -0.05) is 25.1 Å². The van der Waals surface area contributed by atoms with Gasteiger partial charge in [-0.05, 0) is 24.1 Å². The first kappa shape index (κ1) is 19.2. The average Bonchev–Trinajstić information content (AvgIpc) is 3.25. The Morgan fingerprint density at radius 1 is 1.23 bits per heavy atom. The van der Waals surface area contributed by atoms with Gasteiger partial charge in [-0.15, -0.1) is 0 Å². The number of nitrogens with zero attached hydrogens (tertiary/aromatic N) is 5. The van der Waals surface area contributed by atoms with Gasteiger partial charge < -0.3 is 5.32 Å². The SMILES string of the molecule is CCCn1c(=O)[nH]c(=O)c2cc(C(=O)Nc3ccccc3Cn3cncn3)cnc21. The molecule has 10 nitrogen and oxygen atoms in total. The molecule has 0 unspecified atom stereocenters. The van der Waals surface area contributed by atoms with Crippen molar-refractivity contribution in [1.82, 2.24) is 29.3 Å². The summed E-state index contributed by atoms with van der Waals surface area (Å²) in [6.45, 7) is 2.78. The number of benzene rings is 1. The molecule has 30 heavy (non-hydrogen) atoms. The van der Waals surface area contributed by atoms with Gasteiger partial charge in [0.05, 0.1) is 17.5 Å². The molecule has 0 fully saturated rings. The van der Waals surface area contributed by atoms with E-state index in [1.165, 1.54) is 23.2 Å². The van der Waals surface area contributed by atoms with E-state index in [4.69, 9.17) is 0 Å². The van der Waals surface area contributed by atoms with Crippen LogP contribution in [-0.2, 0) is 13.1 Å². The van der Waals surface area contributed by atoms with Gasteiger partial charge in [0.2, 0.25) is 0 Å². The summed E-state index contributed by atoms with van der Waals surface area (Å²) < 4.78 is 3.04. The fraction of sp³-hybridized carbons (Fsp3) is 0.200. The molecule has 0 saturated heterocycles. The number of H-pyrrole nitrogens is 1. The molecule has 10 heteroatoms. The molecule has 1 amide bonds. The van der Waals surface area contributed by atoms with Crippen molar-refractivity contribution in [3.05, 3.63) is 81.1 Å². The zero-order chi connectivity index (χ0) is 21.1. The van der Waals surface area contributed by atoms with Crippen LogP contribution in [-0.4, -0.2) is 35.2 Å². The molecule has 0 radical (unpaired) electrons. The lowest BCUT2D eigenvalue weighted by atomic mass is 10.1. The van der Waals surface area contributed by atoms with Gasteiger partial charge in [-0.2, -0.15) is 5.10 Å². The third kappa shape index (κ3) is 3.75. The van der Waals surface area contributed by atoms with E-state index in [-0.39, 0.29) is 16.6 Å². The molecule has 1 aromatic carbocycles. The van der Waals surface area contributed by atoms with Crippen molar-refractivity contribution >= 4 is 22.6 Å². The number of aromatic nitrogens is 6. The Labute approximate surface area is 170 Å². The predicted molar refractivity (Wildman–Crippen MR) is 110 cm³/mol. The van der Waals surface area contributed by atoms with Gasteiger partial charge in [0.1, 0.15) is 18.3 Å². The van der Waals surface area contributed by atoms with Crippen molar-refractivity contribution in [2.24, 2.45) is 0 Å². The summed E-state index contributed by atoms with van der Waals surface area (Å²) in [5.41, 5.74) is 0.846. The molecular formula is C20H19N7O3. The lowest BCUT2D eigenvalue weighted by Crippen LogP contribution is -2.31. The first-order valence-corrected chi connectivity index (χ1v) is 9.41. The Bertz CT molecular complexity index is 1320. The largest absolute Gasteiger partial charge is 0.329 e. The minimum atomic E-state index is -0.573. The Hall–Kier alpha value is -4.08. The van der Waals surface area contributed by atoms with Gasteiger partial charge in [-0.3, -0.25) is 19.1 Å². The fourth-order valence-corrected chi connectivity index (χ4v) is 3.19. The number of anilines is 1. The fourth-order valence-electron chi connectivity index (χ4n) is 3.19. The van der Waals surface area contributed by atoms with Crippen molar-refractivity contribution in [3.8, 4) is 0 Å². The van der Waals surface area contributed by atoms with Crippen LogP contribution in [0.2, 0.25) is 0 Å². The Morgan fingerprint density at radius 3 is 2.83 bits per heavy atom. The smallest absolute Gasteiger partial charge is 0.322 e. The molecule has 0 atom stereocenters. The van der Waals surface area contributed by atoms with Crippen molar-refractivity contribution in [2.75, 3.05) is 5.32 Å². The number of aryl methyl sites for hydroxylation is 1. The van der Waals surface area contributed by atoms with Crippen molar-refractivity contribution < 1.29 is 4.79 Å². The number of fused-ring (bicyclic) bond motifs is 1. The van der Waals surface area contributed by atoms with E-state index in [1.54, 1.807) is 17.1 Å². The summed E-state index contributed by atoms with van der Waals surface area (Å²) in [6, 6.07) is 8.79. The number of hydrogen-bond donors (Lipinski definition) is 2. The lowest BCUT2D eigenvalue weighted by molar-refractivity contribution is 0.102. The molecule has 0 saturated carbocycles. The van der Waals surface area contributed by atoms with E-state index in [1.807, 2.05) is 25.1 Å². The number of carbonyl (C=O) groups excluding carboxylic acids is 1. The van der Waals surface area contributed by atoms with Crippen LogP contribution in [0.15, 0.2) is 58.8 Å². The van der Waals surface area contributed by atoms with E-state index in [2.05, 4.69) is 25.4 Å². The monoisotopic (exact) mass is 405 g/mol. The van der Waals surface area contributed by atoms with Crippen LogP contribution in [0.4, 0.5) is 5.69 Å². The second kappa shape index (κ2) is 8.11. The Balaban J connectivity index is 1.66. The molecule has 0 aliphatic rings. The highest BCUT2D eigenvalue weighted by Gasteiger charge is 2.14. The number of carbonyl (C=O) groups is 1. The number of para-hydroxylation sites is 1. The van der Waals surface area contributed by atoms with Gasteiger partial charge in [0.15, 0.2) is 0 Å². The number of pyridine rings is 1. The maximum atomic E-state index is 12.8. The minimum absolute atomic E-state index is 0.187. The Kier molecular flexibility index (Phi) is 5.21. The number of hydrogen-bond acceptors (Lipinski definition) is 6. The molecular weight excluding hydrogens is 386 g/mol. The van der Waals surface area contributed by atoms with Crippen LogP contribution in [0.25, 0.3) is 11.0 Å². The van der Waals surface area contributed by atoms with Crippen LogP contribution in [0.3, 0.4) is 0 Å². The summed E-state index contributed by atoms with van der Waals surface area (Å²) in [6.07, 6.45) is 5.10. The van der Waals surface area contributed by atoms with Crippen LogP contribution in [0, 0.1) is 0 Å².